The normalized spacial score (nSPS) is 10.7. The largest absolute Gasteiger partial charge is 0.398 e. The van der Waals surface area contributed by atoms with Crippen LogP contribution >= 0.6 is 23.2 Å². The first-order chi connectivity index (χ1) is 9.04. The van der Waals surface area contributed by atoms with Crippen LogP contribution in [-0.2, 0) is 6.54 Å². The Morgan fingerprint density at radius 3 is 2.74 bits per heavy atom. The van der Waals surface area contributed by atoms with Crippen LogP contribution in [-0.4, -0.2) is 15.6 Å². The number of benzene rings is 1. The molecular formula is C13H13Cl2N3O. The molecular weight excluding hydrogens is 285 g/mol. The van der Waals surface area contributed by atoms with Gasteiger partial charge < -0.3 is 5.73 Å². The summed E-state index contributed by atoms with van der Waals surface area (Å²) < 4.78 is 1.61. The van der Waals surface area contributed by atoms with Gasteiger partial charge in [0.1, 0.15) is 5.69 Å². The van der Waals surface area contributed by atoms with Gasteiger partial charge in [-0.05, 0) is 24.6 Å². The van der Waals surface area contributed by atoms with Crippen LogP contribution in [0.1, 0.15) is 29.4 Å². The van der Waals surface area contributed by atoms with E-state index in [0.29, 0.717) is 33.5 Å². The van der Waals surface area contributed by atoms with Crippen molar-refractivity contribution >= 4 is 34.7 Å². The standard InChI is InChI=1S/C13H13Cl2N3O/c1-2-5-18-12(10(15)7-17-18)13(19)8-3-4-11(16)9(14)6-8/h3-4,6-7H,2,5,16H2,1H3. The molecule has 4 nitrogen and oxygen atoms in total. The highest BCUT2D eigenvalue weighted by atomic mass is 35.5. The number of hydrogen-bond donors (Lipinski definition) is 1. The number of ketones is 1. The van der Waals surface area contributed by atoms with Gasteiger partial charge in [-0.1, -0.05) is 30.1 Å². The third-order valence-corrected chi connectivity index (χ3v) is 3.31. The van der Waals surface area contributed by atoms with Crippen molar-refractivity contribution in [3.63, 3.8) is 0 Å². The van der Waals surface area contributed by atoms with Crippen LogP contribution in [0.4, 0.5) is 5.69 Å². The summed E-state index contributed by atoms with van der Waals surface area (Å²) in [6.45, 7) is 2.64. The average Bonchev–Trinajstić information content (AvgIpc) is 2.74. The number of nitrogens with zero attached hydrogens (tertiary/aromatic N) is 2. The first-order valence-corrected chi connectivity index (χ1v) is 6.61. The molecule has 0 bridgehead atoms. The lowest BCUT2D eigenvalue weighted by Crippen LogP contribution is -2.12. The number of halogens is 2. The molecule has 6 heteroatoms. The first kappa shape index (κ1) is 13.9. The van der Waals surface area contributed by atoms with Gasteiger partial charge >= 0.3 is 0 Å². The van der Waals surface area contributed by atoms with Crippen LogP contribution in [0.3, 0.4) is 0 Å². The van der Waals surface area contributed by atoms with Crippen molar-refractivity contribution in [2.24, 2.45) is 0 Å². The van der Waals surface area contributed by atoms with Crippen molar-refractivity contribution in [1.29, 1.82) is 0 Å². The van der Waals surface area contributed by atoms with Gasteiger partial charge in [0.25, 0.3) is 0 Å². The number of nitrogen functional groups attached to an aromatic ring is 1. The Morgan fingerprint density at radius 2 is 2.11 bits per heavy atom. The Hall–Kier alpha value is -1.52. The molecule has 0 atom stereocenters. The minimum atomic E-state index is -0.210. The molecule has 0 saturated carbocycles. The summed E-state index contributed by atoms with van der Waals surface area (Å²) in [4.78, 5) is 12.4. The molecule has 0 unspecified atom stereocenters. The minimum Gasteiger partial charge on any atom is -0.398 e. The molecule has 0 fully saturated rings. The van der Waals surface area contributed by atoms with Crippen LogP contribution in [0.15, 0.2) is 24.4 Å². The Labute approximate surface area is 121 Å². The molecule has 0 aliphatic carbocycles. The second kappa shape index (κ2) is 5.63. The van der Waals surface area contributed by atoms with E-state index < -0.39 is 0 Å². The molecule has 0 radical (unpaired) electrons. The van der Waals surface area contributed by atoms with Crippen molar-refractivity contribution in [2.75, 3.05) is 5.73 Å². The van der Waals surface area contributed by atoms with Crippen molar-refractivity contribution < 1.29 is 4.79 Å². The zero-order valence-corrected chi connectivity index (χ0v) is 11.9. The van der Waals surface area contributed by atoms with Crippen molar-refractivity contribution in [1.82, 2.24) is 9.78 Å². The smallest absolute Gasteiger partial charge is 0.212 e. The van der Waals surface area contributed by atoms with Crippen LogP contribution in [0, 0.1) is 0 Å². The molecule has 1 aromatic heterocycles. The summed E-state index contributed by atoms with van der Waals surface area (Å²) >= 11 is 12.0. The van der Waals surface area contributed by atoms with E-state index in [4.69, 9.17) is 28.9 Å². The van der Waals surface area contributed by atoms with E-state index in [-0.39, 0.29) is 5.78 Å². The molecule has 0 amide bonds. The van der Waals surface area contributed by atoms with E-state index in [2.05, 4.69) is 5.10 Å². The Balaban J connectivity index is 2.43. The average molecular weight is 298 g/mol. The lowest BCUT2D eigenvalue weighted by Gasteiger charge is -2.07. The van der Waals surface area contributed by atoms with E-state index >= 15 is 0 Å². The number of carbonyl (C=O) groups is 1. The molecule has 0 aliphatic heterocycles. The monoisotopic (exact) mass is 297 g/mol. The Kier molecular flexibility index (Phi) is 4.12. The lowest BCUT2D eigenvalue weighted by molar-refractivity contribution is 0.102. The van der Waals surface area contributed by atoms with Crippen LogP contribution in [0.5, 0.6) is 0 Å². The van der Waals surface area contributed by atoms with E-state index in [9.17, 15) is 4.79 Å². The third-order valence-electron chi connectivity index (χ3n) is 2.71. The van der Waals surface area contributed by atoms with Crippen molar-refractivity contribution in [3.8, 4) is 0 Å². The molecule has 19 heavy (non-hydrogen) atoms. The van der Waals surface area contributed by atoms with Crippen molar-refractivity contribution in [2.45, 2.75) is 19.9 Å². The van der Waals surface area contributed by atoms with Gasteiger partial charge in [-0.15, -0.1) is 0 Å². The fourth-order valence-corrected chi connectivity index (χ4v) is 2.18. The van der Waals surface area contributed by atoms with Gasteiger partial charge in [0.2, 0.25) is 5.78 Å². The number of aryl methyl sites for hydroxylation is 1. The van der Waals surface area contributed by atoms with Crippen LogP contribution < -0.4 is 5.73 Å². The zero-order valence-electron chi connectivity index (χ0n) is 10.4. The number of nitrogens with two attached hydrogens (primary N) is 1. The first-order valence-electron chi connectivity index (χ1n) is 5.85. The summed E-state index contributed by atoms with van der Waals surface area (Å²) in [5.41, 5.74) is 6.89. The Morgan fingerprint density at radius 1 is 1.37 bits per heavy atom. The maximum Gasteiger partial charge on any atom is 0.212 e. The van der Waals surface area contributed by atoms with Crippen LogP contribution in [0.2, 0.25) is 10.0 Å². The fourth-order valence-electron chi connectivity index (χ4n) is 1.77. The van der Waals surface area contributed by atoms with Gasteiger partial charge in [-0.3, -0.25) is 9.48 Å². The molecule has 2 N–H and O–H groups in total. The molecule has 1 aromatic carbocycles. The van der Waals surface area contributed by atoms with Gasteiger partial charge in [-0.25, -0.2) is 0 Å². The highest BCUT2D eigenvalue weighted by molar-refractivity contribution is 6.35. The van der Waals surface area contributed by atoms with Gasteiger partial charge in [0.15, 0.2) is 0 Å². The van der Waals surface area contributed by atoms with Crippen LogP contribution in [0.25, 0.3) is 0 Å². The minimum absolute atomic E-state index is 0.210. The summed E-state index contributed by atoms with van der Waals surface area (Å²) in [7, 11) is 0. The SMILES string of the molecule is CCCn1ncc(Cl)c1C(=O)c1ccc(N)c(Cl)c1. The number of rotatable bonds is 4. The maximum atomic E-state index is 12.4. The summed E-state index contributed by atoms with van der Waals surface area (Å²) in [5, 5.41) is 4.79. The number of aromatic nitrogens is 2. The molecule has 0 spiro atoms. The predicted octanol–water partition coefficient (Wildman–Crippen LogP) is 3.41. The number of hydrogen-bond acceptors (Lipinski definition) is 3. The maximum absolute atomic E-state index is 12.4. The quantitative estimate of drug-likeness (QED) is 0.695. The fraction of sp³-hybridized carbons (Fsp3) is 0.231. The second-order valence-electron chi connectivity index (χ2n) is 4.13. The second-order valence-corrected chi connectivity index (χ2v) is 4.94. The summed E-state index contributed by atoms with van der Waals surface area (Å²) in [5.74, 6) is -0.210. The zero-order chi connectivity index (χ0) is 14.0. The topological polar surface area (TPSA) is 60.9 Å². The third kappa shape index (κ3) is 2.74. The summed E-state index contributed by atoms with van der Waals surface area (Å²) in [6.07, 6.45) is 2.34. The molecule has 0 aliphatic rings. The highest BCUT2D eigenvalue weighted by Crippen LogP contribution is 2.24. The van der Waals surface area contributed by atoms with Gasteiger partial charge in [0, 0.05) is 12.1 Å². The van der Waals surface area contributed by atoms with E-state index in [1.165, 1.54) is 6.20 Å². The Bertz CT molecular complexity index is 622. The molecule has 2 aromatic rings. The van der Waals surface area contributed by atoms with Gasteiger partial charge in [-0.2, -0.15) is 5.10 Å². The van der Waals surface area contributed by atoms with Gasteiger partial charge in [0.05, 0.1) is 21.9 Å². The number of carbonyl (C=O) groups excluding carboxylic acids is 1. The lowest BCUT2D eigenvalue weighted by atomic mass is 10.1. The molecule has 1 heterocycles. The highest BCUT2D eigenvalue weighted by Gasteiger charge is 2.19. The number of anilines is 1. The molecule has 0 saturated heterocycles. The summed E-state index contributed by atoms with van der Waals surface area (Å²) in [6, 6.07) is 4.77. The molecule has 2 rings (SSSR count). The van der Waals surface area contributed by atoms with E-state index in [1.54, 1.807) is 22.9 Å². The van der Waals surface area contributed by atoms with Crippen molar-refractivity contribution in [3.05, 3.63) is 45.7 Å². The van der Waals surface area contributed by atoms with E-state index in [1.807, 2.05) is 6.92 Å². The molecule has 100 valence electrons. The van der Waals surface area contributed by atoms with E-state index in [0.717, 1.165) is 6.42 Å². The predicted molar refractivity (Wildman–Crippen MR) is 76.8 cm³/mol.